The van der Waals surface area contributed by atoms with E-state index in [4.69, 9.17) is 9.47 Å². The molecule has 1 aromatic heterocycles. The average Bonchev–Trinajstić information content (AvgIpc) is 3.16. The third kappa shape index (κ3) is 3.98. The van der Waals surface area contributed by atoms with Gasteiger partial charge >= 0.3 is 0 Å². The van der Waals surface area contributed by atoms with Crippen molar-refractivity contribution in [2.75, 3.05) is 17.4 Å². The van der Waals surface area contributed by atoms with E-state index >= 15 is 0 Å². The van der Waals surface area contributed by atoms with Crippen LogP contribution in [0.1, 0.15) is 15.9 Å². The first-order chi connectivity index (χ1) is 13.2. The summed E-state index contributed by atoms with van der Waals surface area (Å²) < 4.78 is 23.5. The SMILES string of the molecule is O=C(Nc1ccc2c(c1)OCO2)c1ccc(NCc2ccc(F)cc2)nc1. The topological polar surface area (TPSA) is 72.5 Å². The first kappa shape index (κ1) is 16.8. The van der Waals surface area contributed by atoms with Crippen LogP contribution >= 0.6 is 0 Å². The summed E-state index contributed by atoms with van der Waals surface area (Å²) in [5, 5.41) is 5.93. The second-order valence-electron chi connectivity index (χ2n) is 5.93. The van der Waals surface area contributed by atoms with Gasteiger partial charge < -0.3 is 20.1 Å². The molecule has 0 saturated carbocycles. The summed E-state index contributed by atoms with van der Waals surface area (Å²) in [5.74, 6) is 1.35. The second kappa shape index (κ2) is 7.33. The molecule has 1 aliphatic rings. The van der Waals surface area contributed by atoms with Gasteiger partial charge in [-0.3, -0.25) is 4.79 Å². The van der Waals surface area contributed by atoms with Crippen molar-refractivity contribution in [3.05, 3.63) is 77.7 Å². The number of anilines is 2. The molecule has 4 rings (SSSR count). The van der Waals surface area contributed by atoms with E-state index in [2.05, 4.69) is 15.6 Å². The highest BCUT2D eigenvalue weighted by Crippen LogP contribution is 2.34. The molecule has 3 aromatic rings. The molecule has 0 radical (unpaired) electrons. The Hall–Kier alpha value is -3.61. The molecule has 0 bridgehead atoms. The molecule has 7 heteroatoms. The third-order valence-electron chi connectivity index (χ3n) is 4.04. The van der Waals surface area contributed by atoms with Crippen molar-refractivity contribution in [3.8, 4) is 11.5 Å². The van der Waals surface area contributed by atoms with Gasteiger partial charge in [-0.05, 0) is 42.0 Å². The first-order valence-corrected chi connectivity index (χ1v) is 8.33. The number of amides is 1. The molecule has 1 aliphatic heterocycles. The Morgan fingerprint density at radius 2 is 1.85 bits per heavy atom. The first-order valence-electron chi connectivity index (χ1n) is 8.33. The van der Waals surface area contributed by atoms with Crippen molar-refractivity contribution in [2.24, 2.45) is 0 Å². The summed E-state index contributed by atoms with van der Waals surface area (Å²) in [6.07, 6.45) is 1.50. The standard InChI is InChI=1S/C20H16FN3O3/c21-15-4-1-13(2-5-15)10-22-19-8-3-14(11-23-19)20(25)24-16-6-7-17-18(9-16)27-12-26-17/h1-9,11H,10,12H2,(H,22,23)(H,24,25). The fourth-order valence-corrected chi connectivity index (χ4v) is 2.61. The van der Waals surface area contributed by atoms with Crippen LogP contribution in [0.3, 0.4) is 0 Å². The zero-order chi connectivity index (χ0) is 18.6. The quantitative estimate of drug-likeness (QED) is 0.719. The van der Waals surface area contributed by atoms with Crippen LogP contribution in [0.4, 0.5) is 15.9 Å². The van der Waals surface area contributed by atoms with E-state index in [1.54, 1.807) is 42.5 Å². The van der Waals surface area contributed by atoms with Crippen molar-refractivity contribution in [1.82, 2.24) is 4.98 Å². The molecule has 27 heavy (non-hydrogen) atoms. The molecular formula is C20H16FN3O3. The van der Waals surface area contributed by atoms with Gasteiger partial charge in [-0.1, -0.05) is 12.1 Å². The van der Waals surface area contributed by atoms with Gasteiger partial charge in [-0.15, -0.1) is 0 Å². The summed E-state index contributed by atoms with van der Waals surface area (Å²) in [6, 6.07) is 14.8. The fraction of sp³-hybridized carbons (Fsp3) is 0.100. The maximum atomic E-state index is 12.9. The van der Waals surface area contributed by atoms with Crippen LogP contribution in [0.2, 0.25) is 0 Å². The number of pyridine rings is 1. The molecule has 136 valence electrons. The monoisotopic (exact) mass is 365 g/mol. The summed E-state index contributed by atoms with van der Waals surface area (Å²) >= 11 is 0. The van der Waals surface area contributed by atoms with Crippen molar-refractivity contribution >= 4 is 17.4 Å². The number of hydrogen-bond acceptors (Lipinski definition) is 5. The van der Waals surface area contributed by atoms with Crippen molar-refractivity contribution in [3.63, 3.8) is 0 Å². The largest absolute Gasteiger partial charge is 0.454 e. The Kier molecular flexibility index (Phi) is 4.57. The van der Waals surface area contributed by atoms with Gasteiger partial charge in [-0.25, -0.2) is 9.37 Å². The van der Waals surface area contributed by atoms with Crippen LogP contribution < -0.4 is 20.1 Å². The molecule has 6 nitrogen and oxygen atoms in total. The smallest absolute Gasteiger partial charge is 0.257 e. The van der Waals surface area contributed by atoms with Gasteiger partial charge in [0.15, 0.2) is 11.5 Å². The number of aromatic nitrogens is 1. The molecule has 0 unspecified atom stereocenters. The van der Waals surface area contributed by atoms with Crippen LogP contribution in [0.25, 0.3) is 0 Å². The van der Waals surface area contributed by atoms with Crippen molar-refractivity contribution in [2.45, 2.75) is 6.54 Å². The van der Waals surface area contributed by atoms with E-state index in [0.29, 0.717) is 35.1 Å². The zero-order valence-corrected chi connectivity index (χ0v) is 14.2. The lowest BCUT2D eigenvalue weighted by molar-refractivity contribution is 0.102. The maximum Gasteiger partial charge on any atom is 0.257 e. The van der Waals surface area contributed by atoms with E-state index in [-0.39, 0.29) is 18.5 Å². The predicted molar refractivity (Wildman–Crippen MR) is 98.5 cm³/mol. The minimum Gasteiger partial charge on any atom is -0.454 e. The number of hydrogen-bond donors (Lipinski definition) is 2. The van der Waals surface area contributed by atoms with Gasteiger partial charge in [0.25, 0.3) is 5.91 Å². The van der Waals surface area contributed by atoms with Gasteiger partial charge in [0.1, 0.15) is 11.6 Å². The van der Waals surface area contributed by atoms with E-state index in [9.17, 15) is 9.18 Å². The minimum absolute atomic E-state index is 0.184. The van der Waals surface area contributed by atoms with E-state index in [1.165, 1.54) is 18.3 Å². The number of carbonyl (C=O) groups is 1. The number of nitrogens with one attached hydrogen (secondary N) is 2. The van der Waals surface area contributed by atoms with Gasteiger partial charge in [0.05, 0.1) is 5.56 Å². The molecule has 2 heterocycles. The molecule has 0 atom stereocenters. The van der Waals surface area contributed by atoms with Crippen LogP contribution in [0.5, 0.6) is 11.5 Å². The summed E-state index contributed by atoms with van der Waals surface area (Å²) in [5.41, 5.74) is 1.98. The van der Waals surface area contributed by atoms with Crippen molar-refractivity contribution < 1.29 is 18.7 Å². The van der Waals surface area contributed by atoms with E-state index in [0.717, 1.165) is 5.56 Å². The summed E-state index contributed by atoms with van der Waals surface area (Å²) in [4.78, 5) is 16.6. The zero-order valence-electron chi connectivity index (χ0n) is 14.2. The highest BCUT2D eigenvalue weighted by molar-refractivity contribution is 6.04. The minimum atomic E-state index is -0.272. The van der Waals surface area contributed by atoms with Crippen LogP contribution in [-0.4, -0.2) is 17.7 Å². The molecule has 2 aromatic carbocycles. The number of rotatable bonds is 5. The highest BCUT2D eigenvalue weighted by Gasteiger charge is 2.14. The number of nitrogens with zero attached hydrogens (tertiary/aromatic N) is 1. The molecule has 0 fully saturated rings. The Labute approximate surface area is 155 Å². The van der Waals surface area contributed by atoms with Crippen LogP contribution in [-0.2, 0) is 6.54 Å². The average molecular weight is 365 g/mol. The number of ether oxygens (including phenoxy) is 2. The second-order valence-corrected chi connectivity index (χ2v) is 5.93. The molecule has 1 amide bonds. The Morgan fingerprint density at radius 1 is 1.04 bits per heavy atom. The van der Waals surface area contributed by atoms with Crippen LogP contribution in [0, 0.1) is 5.82 Å². The number of fused-ring (bicyclic) bond motifs is 1. The third-order valence-corrected chi connectivity index (χ3v) is 4.04. The van der Waals surface area contributed by atoms with E-state index in [1.807, 2.05) is 0 Å². The lowest BCUT2D eigenvalue weighted by atomic mass is 10.2. The Balaban J connectivity index is 1.36. The normalized spacial score (nSPS) is 11.9. The van der Waals surface area contributed by atoms with Gasteiger partial charge in [-0.2, -0.15) is 0 Å². The van der Waals surface area contributed by atoms with Gasteiger partial charge in [0, 0.05) is 24.5 Å². The molecule has 2 N–H and O–H groups in total. The van der Waals surface area contributed by atoms with Crippen LogP contribution in [0.15, 0.2) is 60.8 Å². The summed E-state index contributed by atoms with van der Waals surface area (Å²) in [6.45, 7) is 0.694. The van der Waals surface area contributed by atoms with Crippen molar-refractivity contribution in [1.29, 1.82) is 0 Å². The fourth-order valence-electron chi connectivity index (χ4n) is 2.61. The Bertz CT molecular complexity index is 959. The maximum absolute atomic E-state index is 12.9. The van der Waals surface area contributed by atoms with E-state index < -0.39 is 0 Å². The lowest BCUT2D eigenvalue weighted by Crippen LogP contribution is -2.12. The number of halogens is 1. The highest BCUT2D eigenvalue weighted by atomic mass is 19.1. The summed E-state index contributed by atoms with van der Waals surface area (Å²) in [7, 11) is 0. The number of benzene rings is 2. The van der Waals surface area contributed by atoms with Gasteiger partial charge in [0.2, 0.25) is 6.79 Å². The number of carbonyl (C=O) groups excluding carboxylic acids is 1. The molecular weight excluding hydrogens is 349 g/mol. The molecule has 0 saturated heterocycles. The molecule has 0 spiro atoms. The molecule has 0 aliphatic carbocycles. The lowest BCUT2D eigenvalue weighted by Gasteiger charge is -2.08. The Morgan fingerprint density at radius 3 is 2.63 bits per heavy atom. The predicted octanol–water partition coefficient (Wildman–Crippen LogP) is 3.81.